The third-order valence-corrected chi connectivity index (χ3v) is 5.29. The van der Waals surface area contributed by atoms with E-state index in [4.69, 9.17) is 0 Å². The molecule has 1 heterocycles. The number of H-pyrrole nitrogens is 1. The van der Waals surface area contributed by atoms with Gasteiger partial charge in [0.25, 0.3) is 5.91 Å². The fraction of sp³-hybridized carbons (Fsp3) is 0.0455. The predicted octanol–water partition coefficient (Wildman–Crippen LogP) is 4.03. The van der Waals surface area contributed by atoms with Crippen molar-refractivity contribution >= 4 is 34.9 Å². The van der Waals surface area contributed by atoms with Crippen molar-refractivity contribution in [2.45, 2.75) is 10.9 Å². The number of phenolic OH excluding ortho intramolecular Hbond substituents is 2. The number of aromatic amines is 1. The largest absolute Gasteiger partial charge is 0.508 e. The molecule has 4 rings (SSSR count). The third kappa shape index (κ3) is 4.61. The summed E-state index contributed by atoms with van der Waals surface area (Å²) in [6.07, 6.45) is 1.31. The van der Waals surface area contributed by atoms with Crippen molar-refractivity contribution in [1.82, 2.24) is 15.4 Å². The van der Waals surface area contributed by atoms with E-state index in [1.165, 1.54) is 24.4 Å². The molecule has 1 amide bonds. The summed E-state index contributed by atoms with van der Waals surface area (Å²) in [5, 5.41) is 23.7. The maximum absolute atomic E-state index is 12.2. The topological polar surface area (TPSA) is 111 Å². The number of nitrogens with one attached hydrogen (secondary N) is 2. The van der Waals surface area contributed by atoms with Gasteiger partial charge in [0.1, 0.15) is 11.5 Å². The SMILES string of the molecule is O=C(N/N=C/c1ccc(O)cc1O)c1ccc(CSc2nc3ccccc3[nH]2)cc1. The van der Waals surface area contributed by atoms with E-state index in [-0.39, 0.29) is 17.4 Å². The Morgan fingerprint density at radius 2 is 1.90 bits per heavy atom. The number of nitrogens with zero attached hydrogens (tertiary/aromatic N) is 2. The molecule has 0 aliphatic rings. The quantitative estimate of drug-likeness (QED) is 0.215. The average Bonchev–Trinajstić information content (AvgIpc) is 3.17. The van der Waals surface area contributed by atoms with E-state index in [0.717, 1.165) is 27.5 Å². The molecule has 7 nitrogen and oxygen atoms in total. The number of para-hydroxylation sites is 2. The molecular weight excluding hydrogens is 400 g/mol. The number of amides is 1. The Morgan fingerprint density at radius 3 is 2.67 bits per heavy atom. The summed E-state index contributed by atoms with van der Waals surface area (Å²) < 4.78 is 0. The smallest absolute Gasteiger partial charge is 0.271 e. The van der Waals surface area contributed by atoms with Gasteiger partial charge in [-0.25, -0.2) is 10.4 Å². The third-order valence-electron chi connectivity index (χ3n) is 4.34. The fourth-order valence-electron chi connectivity index (χ4n) is 2.77. The number of carbonyl (C=O) groups excluding carboxylic acids is 1. The summed E-state index contributed by atoms with van der Waals surface area (Å²) in [7, 11) is 0. The molecule has 0 saturated carbocycles. The van der Waals surface area contributed by atoms with E-state index in [0.29, 0.717) is 11.1 Å². The van der Waals surface area contributed by atoms with Gasteiger partial charge in [0.2, 0.25) is 0 Å². The Labute approximate surface area is 176 Å². The number of rotatable bonds is 6. The first-order valence-electron chi connectivity index (χ1n) is 9.10. The maximum atomic E-state index is 12.2. The first-order chi connectivity index (χ1) is 14.6. The first-order valence-corrected chi connectivity index (χ1v) is 10.1. The Morgan fingerprint density at radius 1 is 1.10 bits per heavy atom. The normalized spacial score (nSPS) is 11.2. The van der Waals surface area contributed by atoms with E-state index in [9.17, 15) is 15.0 Å². The van der Waals surface area contributed by atoms with Crippen LogP contribution in [0.5, 0.6) is 11.5 Å². The standard InChI is InChI=1S/C22H18N4O3S/c27-17-10-9-16(20(28)11-17)12-23-26-21(29)15-7-5-14(6-8-15)13-30-22-24-18-3-1-2-4-19(18)25-22/h1-12,27-28H,13H2,(H,24,25)(H,26,29)/b23-12+. The van der Waals surface area contributed by atoms with Gasteiger partial charge in [0, 0.05) is 22.9 Å². The molecule has 0 saturated heterocycles. The molecule has 0 fully saturated rings. The second-order valence-electron chi connectivity index (χ2n) is 6.49. The number of aromatic hydroxyl groups is 2. The van der Waals surface area contributed by atoms with Crippen molar-refractivity contribution in [2.75, 3.05) is 0 Å². The van der Waals surface area contributed by atoms with Crippen LogP contribution in [0.4, 0.5) is 0 Å². The highest BCUT2D eigenvalue weighted by atomic mass is 32.2. The number of imidazole rings is 1. The molecule has 4 aromatic rings. The van der Waals surface area contributed by atoms with Crippen LogP contribution in [0.25, 0.3) is 11.0 Å². The number of phenols is 2. The van der Waals surface area contributed by atoms with E-state index < -0.39 is 0 Å². The highest BCUT2D eigenvalue weighted by molar-refractivity contribution is 7.98. The molecule has 8 heteroatoms. The van der Waals surface area contributed by atoms with Crippen LogP contribution >= 0.6 is 11.8 Å². The minimum absolute atomic E-state index is 0.0488. The Hall–Kier alpha value is -3.78. The molecule has 4 N–H and O–H groups in total. The highest BCUT2D eigenvalue weighted by Gasteiger charge is 2.06. The van der Waals surface area contributed by atoms with E-state index in [1.54, 1.807) is 23.9 Å². The van der Waals surface area contributed by atoms with Gasteiger partial charge in [-0.2, -0.15) is 5.10 Å². The molecule has 3 aromatic carbocycles. The predicted molar refractivity (Wildman–Crippen MR) is 117 cm³/mol. The van der Waals surface area contributed by atoms with Crippen molar-refractivity contribution in [3.05, 3.63) is 83.4 Å². The number of hydrogen-bond donors (Lipinski definition) is 4. The van der Waals surface area contributed by atoms with Gasteiger partial charge >= 0.3 is 0 Å². The molecule has 30 heavy (non-hydrogen) atoms. The molecule has 0 aliphatic carbocycles. The number of thioether (sulfide) groups is 1. The lowest BCUT2D eigenvalue weighted by Crippen LogP contribution is -2.17. The number of hydrogen-bond acceptors (Lipinski definition) is 6. The van der Waals surface area contributed by atoms with Crippen molar-refractivity contribution in [2.24, 2.45) is 5.10 Å². The van der Waals surface area contributed by atoms with Crippen LogP contribution in [0.3, 0.4) is 0 Å². The molecule has 0 bridgehead atoms. The summed E-state index contributed by atoms with van der Waals surface area (Å²) in [4.78, 5) is 20.0. The number of carbonyl (C=O) groups is 1. The second kappa shape index (κ2) is 8.71. The summed E-state index contributed by atoms with van der Waals surface area (Å²) in [6.45, 7) is 0. The van der Waals surface area contributed by atoms with Crippen LogP contribution in [-0.2, 0) is 5.75 Å². The van der Waals surface area contributed by atoms with Gasteiger partial charge in [-0.3, -0.25) is 4.79 Å². The second-order valence-corrected chi connectivity index (χ2v) is 7.45. The Kier molecular flexibility index (Phi) is 5.67. The van der Waals surface area contributed by atoms with Crippen molar-refractivity contribution in [3.8, 4) is 11.5 Å². The van der Waals surface area contributed by atoms with E-state index in [2.05, 4.69) is 20.5 Å². The van der Waals surface area contributed by atoms with Crippen LogP contribution < -0.4 is 5.43 Å². The zero-order chi connectivity index (χ0) is 20.9. The van der Waals surface area contributed by atoms with Gasteiger partial charge in [-0.05, 0) is 42.0 Å². The lowest BCUT2D eigenvalue weighted by Gasteiger charge is -2.03. The lowest BCUT2D eigenvalue weighted by molar-refractivity contribution is 0.0955. The summed E-state index contributed by atoms with van der Waals surface area (Å²) >= 11 is 1.60. The van der Waals surface area contributed by atoms with Crippen LogP contribution in [0, 0.1) is 0 Å². The zero-order valence-corrected chi connectivity index (χ0v) is 16.6. The van der Waals surface area contributed by atoms with Crippen LogP contribution in [0.15, 0.2) is 77.0 Å². The fourth-order valence-corrected chi connectivity index (χ4v) is 3.61. The highest BCUT2D eigenvalue weighted by Crippen LogP contribution is 2.23. The molecule has 0 unspecified atom stereocenters. The minimum atomic E-state index is -0.360. The molecule has 0 aliphatic heterocycles. The average molecular weight is 418 g/mol. The number of benzene rings is 3. The summed E-state index contributed by atoms with van der Waals surface area (Å²) in [6, 6.07) is 19.2. The molecule has 0 spiro atoms. The van der Waals surface area contributed by atoms with Crippen LogP contribution in [-0.4, -0.2) is 32.3 Å². The van der Waals surface area contributed by atoms with Gasteiger partial charge in [-0.15, -0.1) is 0 Å². The molecular formula is C22H18N4O3S. The van der Waals surface area contributed by atoms with Gasteiger partial charge < -0.3 is 15.2 Å². The lowest BCUT2D eigenvalue weighted by atomic mass is 10.1. The molecule has 150 valence electrons. The van der Waals surface area contributed by atoms with Crippen molar-refractivity contribution < 1.29 is 15.0 Å². The Bertz CT molecular complexity index is 1190. The van der Waals surface area contributed by atoms with E-state index >= 15 is 0 Å². The molecule has 0 radical (unpaired) electrons. The Balaban J connectivity index is 1.33. The summed E-state index contributed by atoms with van der Waals surface area (Å²) in [5.74, 6) is 0.188. The zero-order valence-electron chi connectivity index (χ0n) is 15.7. The van der Waals surface area contributed by atoms with Gasteiger partial charge in [-0.1, -0.05) is 36.0 Å². The van der Waals surface area contributed by atoms with Crippen LogP contribution in [0.2, 0.25) is 0 Å². The van der Waals surface area contributed by atoms with E-state index in [1.807, 2.05) is 36.4 Å². The monoisotopic (exact) mass is 418 g/mol. The van der Waals surface area contributed by atoms with Crippen molar-refractivity contribution in [3.63, 3.8) is 0 Å². The van der Waals surface area contributed by atoms with Gasteiger partial charge in [0.05, 0.1) is 17.2 Å². The minimum Gasteiger partial charge on any atom is -0.508 e. The summed E-state index contributed by atoms with van der Waals surface area (Å²) in [5.41, 5.74) is 6.28. The number of hydrazone groups is 1. The van der Waals surface area contributed by atoms with Gasteiger partial charge in [0.15, 0.2) is 5.16 Å². The number of aromatic nitrogens is 2. The molecule has 1 aromatic heterocycles. The number of fused-ring (bicyclic) bond motifs is 1. The maximum Gasteiger partial charge on any atom is 0.271 e. The first kappa shape index (κ1) is 19.5. The van der Waals surface area contributed by atoms with Crippen LogP contribution in [0.1, 0.15) is 21.5 Å². The molecule has 0 atom stereocenters. The van der Waals surface area contributed by atoms with Crippen molar-refractivity contribution in [1.29, 1.82) is 0 Å².